The van der Waals surface area contributed by atoms with Crippen molar-refractivity contribution < 1.29 is 18.7 Å². The highest BCUT2D eigenvalue weighted by Crippen LogP contribution is 2.57. The van der Waals surface area contributed by atoms with E-state index in [0.717, 1.165) is 38.0 Å². The molecule has 6 heteroatoms. The number of rotatable bonds is 7. The maximum Gasteiger partial charge on any atom is 0.411 e. The number of carbonyl (C=O) groups excluding carboxylic acids is 1. The van der Waals surface area contributed by atoms with Crippen molar-refractivity contribution >= 4 is 14.4 Å². The van der Waals surface area contributed by atoms with Gasteiger partial charge in [-0.05, 0) is 109 Å². The third-order valence-corrected chi connectivity index (χ3v) is 13.8. The molecule has 5 nitrogen and oxygen atoms in total. The number of amides is 1. The second-order valence-corrected chi connectivity index (χ2v) is 18.5. The van der Waals surface area contributed by atoms with Crippen LogP contribution in [0.15, 0.2) is 0 Å². The fraction of sp³-hybridized carbons (Fsp3) is 0.963. The Hall–Kier alpha value is -0.593. The van der Waals surface area contributed by atoms with Gasteiger partial charge < -0.3 is 13.9 Å². The van der Waals surface area contributed by atoms with Crippen molar-refractivity contribution in [3.8, 4) is 0 Å². The van der Waals surface area contributed by atoms with E-state index in [1.54, 1.807) is 0 Å². The van der Waals surface area contributed by atoms with Gasteiger partial charge in [-0.1, -0.05) is 20.8 Å². The zero-order valence-corrected chi connectivity index (χ0v) is 24.0. The molecule has 192 valence electrons. The van der Waals surface area contributed by atoms with Gasteiger partial charge in [0.15, 0.2) is 8.32 Å². The standard InChI is InChI=1S/C27H51NO4Si/c1-24(2,3)32-23(29)28-26(15-14-21-10-12-22(30-7)13-11-21)16-18-27(28,19-17-26)20-31-33(8,9)25(4,5)6/h21-22H,10-20H2,1-9H3. The van der Waals surface area contributed by atoms with E-state index in [9.17, 15) is 4.79 Å². The molecule has 2 heterocycles. The third kappa shape index (κ3) is 5.80. The molecule has 3 rings (SSSR count). The van der Waals surface area contributed by atoms with Crippen molar-refractivity contribution in [3.05, 3.63) is 0 Å². The summed E-state index contributed by atoms with van der Waals surface area (Å²) in [5, 5.41) is 0.162. The summed E-state index contributed by atoms with van der Waals surface area (Å²) in [6, 6.07) is 0. The molecule has 0 aromatic rings. The summed E-state index contributed by atoms with van der Waals surface area (Å²) in [4.78, 5) is 15.8. The molecule has 33 heavy (non-hydrogen) atoms. The lowest BCUT2D eigenvalue weighted by molar-refractivity contribution is -0.0157. The summed E-state index contributed by atoms with van der Waals surface area (Å²) >= 11 is 0. The molecular weight excluding hydrogens is 430 g/mol. The van der Waals surface area contributed by atoms with Crippen LogP contribution in [0.5, 0.6) is 0 Å². The minimum Gasteiger partial charge on any atom is -0.444 e. The molecular formula is C27H51NO4Si. The average molecular weight is 482 g/mol. The Labute approximate surface area is 204 Å². The molecule has 0 unspecified atom stereocenters. The molecule has 0 atom stereocenters. The van der Waals surface area contributed by atoms with Crippen molar-refractivity contribution in [2.75, 3.05) is 13.7 Å². The van der Waals surface area contributed by atoms with Gasteiger partial charge in [0, 0.05) is 12.6 Å². The fourth-order valence-electron chi connectivity index (χ4n) is 6.06. The minimum atomic E-state index is -1.90. The lowest BCUT2D eigenvalue weighted by Gasteiger charge is -2.43. The van der Waals surface area contributed by atoms with Gasteiger partial charge in [-0.25, -0.2) is 4.79 Å². The first-order valence-corrected chi connectivity index (χ1v) is 16.2. The van der Waals surface area contributed by atoms with Crippen molar-refractivity contribution in [1.82, 2.24) is 4.90 Å². The fourth-order valence-corrected chi connectivity index (χ4v) is 7.12. The van der Waals surface area contributed by atoms with Crippen LogP contribution in [0.3, 0.4) is 0 Å². The van der Waals surface area contributed by atoms with Gasteiger partial charge in [-0.2, -0.15) is 0 Å². The van der Waals surface area contributed by atoms with Crippen LogP contribution in [0.4, 0.5) is 4.79 Å². The largest absolute Gasteiger partial charge is 0.444 e. The van der Waals surface area contributed by atoms with E-state index in [4.69, 9.17) is 13.9 Å². The van der Waals surface area contributed by atoms with E-state index in [-0.39, 0.29) is 22.2 Å². The molecule has 0 aromatic heterocycles. The van der Waals surface area contributed by atoms with Gasteiger partial charge in [-0.15, -0.1) is 0 Å². The van der Waals surface area contributed by atoms with Crippen LogP contribution in [-0.4, -0.2) is 55.8 Å². The number of hydrogen-bond donors (Lipinski definition) is 0. The van der Waals surface area contributed by atoms with E-state index in [1.165, 1.54) is 32.1 Å². The molecule has 0 radical (unpaired) electrons. The molecule has 1 aliphatic carbocycles. The molecule has 1 saturated carbocycles. The number of methoxy groups -OCH3 is 1. The van der Waals surface area contributed by atoms with Crippen molar-refractivity contribution in [2.45, 2.75) is 147 Å². The Morgan fingerprint density at radius 2 is 1.48 bits per heavy atom. The van der Waals surface area contributed by atoms with Crippen LogP contribution in [0.2, 0.25) is 18.1 Å². The Balaban J connectivity index is 1.76. The van der Waals surface area contributed by atoms with Gasteiger partial charge in [0.2, 0.25) is 0 Å². The maximum atomic E-state index is 13.6. The summed E-state index contributed by atoms with van der Waals surface area (Å²) in [7, 11) is -0.0604. The molecule has 2 bridgehead atoms. The molecule has 0 spiro atoms. The molecule has 2 saturated heterocycles. The van der Waals surface area contributed by atoms with Crippen LogP contribution < -0.4 is 0 Å². The molecule has 2 aliphatic heterocycles. The summed E-state index contributed by atoms with van der Waals surface area (Å²) in [5.74, 6) is 0.755. The zero-order chi connectivity index (χ0) is 24.7. The van der Waals surface area contributed by atoms with E-state index >= 15 is 0 Å². The Bertz CT molecular complexity index is 677. The lowest BCUT2D eigenvalue weighted by atomic mass is 9.76. The van der Waals surface area contributed by atoms with E-state index in [2.05, 4.69) is 38.8 Å². The second kappa shape index (κ2) is 9.46. The Morgan fingerprint density at radius 1 is 0.939 bits per heavy atom. The van der Waals surface area contributed by atoms with E-state index in [1.807, 2.05) is 27.9 Å². The smallest absolute Gasteiger partial charge is 0.411 e. The lowest BCUT2D eigenvalue weighted by Crippen LogP contribution is -2.56. The number of fused-ring (bicyclic) bond motifs is 2. The highest BCUT2D eigenvalue weighted by Gasteiger charge is 2.63. The van der Waals surface area contributed by atoms with Gasteiger partial charge in [0.05, 0.1) is 18.2 Å². The molecule has 0 N–H and O–H groups in total. The predicted molar refractivity (Wildman–Crippen MR) is 137 cm³/mol. The first kappa shape index (κ1) is 27.0. The zero-order valence-electron chi connectivity index (χ0n) is 23.0. The molecule has 1 amide bonds. The first-order chi connectivity index (χ1) is 15.1. The van der Waals surface area contributed by atoms with Gasteiger partial charge in [-0.3, -0.25) is 4.90 Å². The summed E-state index contributed by atoms with van der Waals surface area (Å²) in [6.45, 7) is 18.1. The van der Waals surface area contributed by atoms with Crippen molar-refractivity contribution in [2.24, 2.45) is 5.92 Å². The third-order valence-electron chi connectivity index (χ3n) is 9.29. The van der Waals surface area contributed by atoms with Gasteiger partial charge in [0.1, 0.15) is 5.60 Å². The SMILES string of the molecule is COC1CCC(CCC23CCC(CO[Si](C)(C)C(C)(C)C)(CC2)N3C(=O)OC(C)(C)C)CC1. The van der Waals surface area contributed by atoms with Crippen LogP contribution in [0.1, 0.15) is 106 Å². The van der Waals surface area contributed by atoms with E-state index in [0.29, 0.717) is 12.7 Å². The predicted octanol–water partition coefficient (Wildman–Crippen LogP) is 7.30. The maximum absolute atomic E-state index is 13.6. The Kier molecular flexibility index (Phi) is 7.74. The topological polar surface area (TPSA) is 48.0 Å². The van der Waals surface area contributed by atoms with E-state index < -0.39 is 13.9 Å². The summed E-state index contributed by atoms with van der Waals surface area (Å²) in [5.41, 5.74) is -0.747. The van der Waals surface area contributed by atoms with Gasteiger partial charge >= 0.3 is 6.09 Å². The quantitative estimate of drug-likeness (QED) is 0.358. The number of nitrogens with zero attached hydrogens (tertiary/aromatic N) is 1. The number of carbonyl (C=O) groups is 1. The first-order valence-electron chi connectivity index (χ1n) is 13.3. The molecule has 3 fully saturated rings. The summed E-state index contributed by atoms with van der Waals surface area (Å²) < 4.78 is 18.3. The summed E-state index contributed by atoms with van der Waals surface area (Å²) in [6.07, 6.45) is 11.7. The van der Waals surface area contributed by atoms with Crippen LogP contribution in [0, 0.1) is 5.92 Å². The Morgan fingerprint density at radius 3 is 1.97 bits per heavy atom. The average Bonchev–Trinajstić information content (AvgIpc) is 3.20. The number of ether oxygens (including phenoxy) is 2. The second-order valence-electron chi connectivity index (χ2n) is 13.7. The highest BCUT2D eigenvalue weighted by molar-refractivity contribution is 6.74. The van der Waals surface area contributed by atoms with Crippen LogP contribution in [0.25, 0.3) is 0 Å². The van der Waals surface area contributed by atoms with Crippen LogP contribution in [-0.2, 0) is 13.9 Å². The van der Waals surface area contributed by atoms with Crippen molar-refractivity contribution in [3.63, 3.8) is 0 Å². The normalized spacial score (nSPS) is 32.9. The van der Waals surface area contributed by atoms with Gasteiger partial charge in [0.25, 0.3) is 0 Å². The highest BCUT2D eigenvalue weighted by atomic mass is 28.4. The number of hydrogen-bond acceptors (Lipinski definition) is 4. The minimum absolute atomic E-state index is 0.0583. The molecule has 0 aromatic carbocycles. The van der Waals surface area contributed by atoms with Crippen molar-refractivity contribution in [1.29, 1.82) is 0 Å². The molecule has 3 aliphatic rings. The van der Waals surface area contributed by atoms with Crippen LogP contribution >= 0.6 is 0 Å². The monoisotopic (exact) mass is 481 g/mol.